The van der Waals surface area contributed by atoms with Crippen LogP contribution in [0.5, 0.6) is 0 Å². The van der Waals surface area contributed by atoms with Crippen LogP contribution in [0.25, 0.3) is 0 Å². The Morgan fingerprint density at radius 2 is 1.69 bits per heavy atom. The number of amides is 2. The van der Waals surface area contributed by atoms with Crippen LogP contribution in [0.3, 0.4) is 0 Å². The first-order chi connectivity index (χ1) is 17.5. The number of carbonyl (C=O) groups excluding carboxylic acids is 2. The largest absolute Gasteiger partial charge is 0.353 e. The number of hydrogen-bond donors (Lipinski definition) is 3. The summed E-state index contributed by atoms with van der Waals surface area (Å²) in [5.41, 5.74) is 3.42. The number of nitrogens with zero attached hydrogens (tertiary/aromatic N) is 2. The second kappa shape index (κ2) is 11.6. The number of nitrogens with one attached hydrogen (secondary N) is 3. The highest BCUT2D eigenvalue weighted by Crippen LogP contribution is 2.40. The van der Waals surface area contributed by atoms with Gasteiger partial charge in [0, 0.05) is 40.1 Å². The van der Waals surface area contributed by atoms with Crippen LogP contribution in [-0.4, -0.2) is 22.6 Å². The molecule has 36 heavy (non-hydrogen) atoms. The van der Waals surface area contributed by atoms with Gasteiger partial charge < -0.3 is 16.0 Å². The lowest BCUT2D eigenvalue weighted by Crippen LogP contribution is -2.31. The van der Waals surface area contributed by atoms with Crippen molar-refractivity contribution < 1.29 is 9.59 Å². The normalized spacial score (nSPS) is 15.1. The van der Waals surface area contributed by atoms with Crippen molar-refractivity contribution in [1.82, 2.24) is 10.3 Å². The molecule has 2 heterocycles. The fourth-order valence-corrected chi connectivity index (χ4v) is 4.82. The number of rotatable bonds is 7. The highest BCUT2D eigenvalue weighted by Gasteiger charge is 2.34. The molecule has 3 aromatic rings. The zero-order valence-electron chi connectivity index (χ0n) is 19.3. The molecule has 0 saturated carbocycles. The van der Waals surface area contributed by atoms with Crippen molar-refractivity contribution in [3.8, 4) is 6.07 Å². The van der Waals surface area contributed by atoms with Gasteiger partial charge in [-0.25, -0.2) is 0 Å². The number of para-hydroxylation sites is 1. The topological polar surface area (TPSA) is 107 Å². The lowest BCUT2D eigenvalue weighted by Gasteiger charge is -2.29. The zero-order chi connectivity index (χ0) is 25.5. The van der Waals surface area contributed by atoms with Gasteiger partial charge in [-0.3, -0.25) is 14.6 Å². The molecule has 7 nitrogen and oxygen atoms in total. The Morgan fingerprint density at radius 3 is 2.36 bits per heavy atom. The summed E-state index contributed by atoms with van der Waals surface area (Å²) in [6, 6.07) is 21.8. The number of halogens is 1. The number of anilines is 2. The summed E-state index contributed by atoms with van der Waals surface area (Å²) < 4.78 is 0. The molecule has 2 amide bonds. The van der Waals surface area contributed by atoms with Crippen LogP contribution in [0.2, 0.25) is 5.02 Å². The molecule has 9 heteroatoms. The molecule has 0 bridgehead atoms. The summed E-state index contributed by atoms with van der Waals surface area (Å²) >= 11 is 7.11. The summed E-state index contributed by atoms with van der Waals surface area (Å²) in [7, 11) is 0. The second-order valence-corrected chi connectivity index (χ2v) is 9.32. The van der Waals surface area contributed by atoms with Crippen molar-refractivity contribution in [3.05, 3.63) is 112 Å². The van der Waals surface area contributed by atoms with E-state index in [-0.39, 0.29) is 17.6 Å². The van der Waals surface area contributed by atoms with Crippen LogP contribution in [0.4, 0.5) is 11.4 Å². The van der Waals surface area contributed by atoms with E-state index >= 15 is 0 Å². The van der Waals surface area contributed by atoms with Crippen molar-refractivity contribution >= 4 is 46.6 Å². The first kappa shape index (κ1) is 25.0. The van der Waals surface area contributed by atoms with Crippen LogP contribution in [0, 0.1) is 11.3 Å². The standard InChI is InChI=1S/C27H22ClN5O2S/c1-17-24(26(35)33-20-5-3-2-4-6-20)25(18-11-13-30-14-12-18)22(15-29)27(31-17)36-16-23(34)32-21-9-7-19(28)8-10-21/h2-14,25,31H,16H2,1H3,(H,32,34)(H,33,35). The number of allylic oxidation sites excluding steroid dienone is 2. The van der Waals surface area contributed by atoms with Gasteiger partial charge in [-0.2, -0.15) is 5.26 Å². The number of thioether (sulfide) groups is 1. The number of nitriles is 1. The number of aromatic nitrogens is 1. The van der Waals surface area contributed by atoms with Gasteiger partial charge in [-0.05, 0) is 61.0 Å². The minimum atomic E-state index is -0.621. The summed E-state index contributed by atoms with van der Waals surface area (Å²) in [6.07, 6.45) is 3.25. The molecule has 0 spiro atoms. The van der Waals surface area contributed by atoms with Gasteiger partial charge >= 0.3 is 0 Å². The lowest BCUT2D eigenvalue weighted by molar-refractivity contribution is -0.114. The van der Waals surface area contributed by atoms with Crippen molar-refractivity contribution in [1.29, 1.82) is 5.26 Å². The molecule has 4 rings (SSSR count). The zero-order valence-corrected chi connectivity index (χ0v) is 20.9. The summed E-state index contributed by atoms with van der Waals surface area (Å²) in [5.74, 6) is -1.10. The summed E-state index contributed by atoms with van der Waals surface area (Å²) in [4.78, 5) is 30.0. The quantitative estimate of drug-likeness (QED) is 0.386. The Bertz CT molecular complexity index is 1370. The van der Waals surface area contributed by atoms with Gasteiger partial charge in [0.25, 0.3) is 5.91 Å². The van der Waals surface area contributed by atoms with Gasteiger partial charge in [0.1, 0.15) is 0 Å². The Kier molecular flexibility index (Phi) is 8.06. The van der Waals surface area contributed by atoms with E-state index in [1.165, 1.54) is 11.8 Å². The Balaban J connectivity index is 1.60. The van der Waals surface area contributed by atoms with E-state index in [9.17, 15) is 14.9 Å². The van der Waals surface area contributed by atoms with Crippen molar-refractivity contribution in [2.45, 2.75) is 12.8 Å². The predicted molar refractivity (Wildman–Crippen MR) is 143 cm³/mol. The highest BCUT2D eigenvalue weighted by atomic mass is 35.5. The molecule has 0 radical (unpaired) electrons. The molecule has 0 aliphatic carbocycles. The number of carbonyl (C=O) groups is 2. The van der Waals surface area contributed by atoms with Gasteiger partial charge in [0.2, 0.25) is 5.91 Å². The van der Waals surface area contributed by atoms with Gasteiger partial charge in [-0.15, -0.1) is 0 Å². The van der Waals surface area contributed by atoms with E-state index in [2.05, 4.69) is 27.0 Å². The van der Waals surface area contributed by atoms with Crippen LogP contribution >= 0.6 is 23.4 Å². The third kappa shape index (κ3) is 5.95. The number of benzene rings is 2. The first-order valence-corrected chi connectivity index (χ1v) is 12.4. The average molecular weight is 516 g/mol. The minimum Gasteiger partial charge on any atom is -0.353 e. The van der Waals surface area contributed by atoms with Crippen molar-refractivity contribution in [2.75, 3.05) is 16.4 Å². The Morgan fingerprint density at radius 1 is 1.03 bits per heavy atom. The highest BCUT2D eigenvalue weighted by molar-refractivity contribution is 8.03. The fourth-order valence-electron chi connectivity index (χ4n) is 3.80. The SMILES string of the molecule is CC1=C(C(=O)Nc2ccccc2)C(c2ccncc2)C(C#N)=C(SCC(=O)Nc2ccc(Cl)cc2)N1. The second-order valence-electron chi connectivity index (χ2n) is 7.90. The minimum absolute atomic E-state index is 0.0675. The average Bonchev–Trinajstić information content (AvgIpc) is 2.89. The van der Waals surface area contributed by atoms with Crippen LogP contribution in [0.15, 0.2) is 101 Å². The Hall–Kier alpha value is -4.06. The molecule has 0 saturated heterocycles. The summed E-state index contributed by atoms with van der Waals surface area (Å²) in [5, 5.41) is 20.2. The molecule has 1 aliphatic rings. The molecule has 1 aromatic heterocycles. The molecule has 2 aromatic carbocycles. The molecule has 1 unspecified atom stereocenters. The van der Waals surface area contributed by atoms with Gasteiger partial charge in [0.15, 0.2) is 0 Å². The van der Waals surface area contributed by atoms with E-state index in [1.807, 2.05) is 18.2 Å². The van der Waals surface area contributed by atoms with Crippen LogP contribution in [0.1, 0.15) is 18.4 Å². The predicted octanol–water partition coefficient (Wildman–Crippen LogP) is 5.44. The summed E-state index contributed by atoms with van der Waals surface area (Å²) in [6.45, 7) is 1.79. The third-order valence-corrected chi connectivity index (χ3v) is 6.71. The van der Waals surface area contributed by atoms with E-state index in [0.29, 0.717) is 38.3 Å². The maximum absolute atomic E-state index is 13.4. The maximum atomic E-state index is 13.4. The van der Waals surface area contributed by atoms with Crippen molar-refractivity contribution in [3.63, 3.8) is 0 Å². The first-order valence-electron chi connectivity index (χ1n) is 11.0. The molecule has 180 valence electrons. The molecular formula is C27H22ClN5O2S. The number of pyridine rings is 1. The van der Waals surface area contributed by atoms with E-state index in [4.69, 9.17) is 11.6 Å². The van der Waals surface area contributed by atoms with E-state index in [0.717, 1.165) is 5.56 Å². The molecule has 1 atom stereocenters. The Labute approximate surface area is 218 Å². The van der Waals surface area contributed by atoms with Gasteiger partial charge in [0.05, 0.1) is 28.3 Å². The van der Waals surface area contributed by atoms with E-state index in [1.54, 1.807) is 67.8 Å². The molecular weight excluding hydrogens is 494 g/mol. The third-order valence-electron chi connectivity index (χ3n) is 5.44. The van der Waals surface area contributed by atoms with Crippen LogP contribution < -0.4 is 16.0 Å². The molecule has 1 aliphatic heterocycles. The number of dihydropyridines is 1. The fraction of sp³-hybridized carbons (Fsp3) is 0.111. The smallest absolute Gasteiger partial charge is 0.254 e. The number of hydrogen-bond acceptors (Lipinski definition) is 6. The van der Waals surface area contributed by atoms with Crippen LogP contribution in [-0.2, 0) is 9.59 Å². The molecule has 3 N–H and O–H groups in total. The monoisotopic (exact) mass is 515 g/mol. The lowest BCUT2D eigenvalue weighted by atomic mass is 9.82. The van der Waals surface area contributed by atoms with Crippen molar-refractivity contribution in [2.24, 2.45) is 0 Å². The maximum Gasteiger partial charge on any atom is 0.254 e. The van der Waals surface area contributed by atoms with Gasteiger partial charge in [-0.1, -0.05) is 41.6 Å². The molecule has 0 fully saturated rings. The van der Waals surface area contributed by atoms with E-state index < -0.39 is 5.92 Å².